The average molecular weight is 405 g/mol. The van der Waals surface area contributed by atoms with Crippen LogP contribution in [-0.2, 0) is 10.0 Å². The Morgan fingerprint density at radius 1 is 1.07 bits per heavy atom. The highest BCUT2D eigenvalue weighted by Gasteiger charge is 2.24. The smallest absolute Gasteiger partial charge is 0.211 e. The third kappa shape index (κ3) is 4.07. The Bertz CT molecular complexity index is 943. The van der Waals surface area contributed by atoms with Crippen LogP contribution in [-0.4, -0.2) is 66.2 Å². The summed E-state index contributed by atoms with van der Waals surface area (Å²) in [6, 6.07) is 5.97. The first-order valence-corrected chi connectivity index (χ1v) is 11.4. The molecule has 0 spiro atoms. The summed E-state index contributed by atoms with van der Waals surface area (Å²) in [5.41, 5.74) is 2.11. The van der Waals surface area contributed by atoms with E-state index in [1.165, 1.54) is 10.6 Å². The molecule has 0 saturated carbocycles. The molecule has 2 aliphatic heterocycles. The lowest BCUT2D eigenvalue weighted by Crippen LogP contribution is -2.48. The van der Waals surface area contributed by atoms with Crippen molar-refractivity contribution >= 4 is 38.2 Å². The Morgan fingerprint density at radius 3 is 2.59 bits per heavy atom. The van der Waals surface area contributed by atoms with Gasteiger partial charge in [0.1, 0.15) is 5.82 Å². The van der Waals surface area contributed by atoms with Crippen molar-refractivity contribution in [2.75, 3.05) is 48.1 Å². The zero-order chi connectivity index (χ0) is 18.9. The summed E-state index contributed by atoms with van der Waals surface area (Å²) in [5, 5.41) is 7.75. The zero-order valence-electron chi connectivity index (χ0n) is 14.9. The van der Waals surface area contributed by atoms with Crippen LogP contribution < -0.4 is 9.80 Å². The molecule has 8 nitrogen and oxygen atoms in total. The molecule has 27 heavy (non-hydrogen) atoms. The van der Waals surface area contributed by atoms with E-state index in [1.807, 2.05) is 12.1 Å². The van der Waals surface area contributed by atoms with E-state index in [1.54, 1.807) is 30.4 Å². The van der Waals surface area contributed by atoms with Crippen molar-refractivity contribution in [3.63, 3.8) is 0 Å². The van der Waals surface area contributed by atoms with Gasteiger partial charge in [0.25, 0.3) is 0 Å². The van der Waals surface area contributed by atoms with Crippen molar-refractivity contribution < 1.29 is 8.42 Å². The maximum Gasteiger partial charge on any atom is 0.211 e. The Hall–Kier alpha value is -2.17. The number of sulfonamides is 1. The summed E-state index contributed by atoms with van der Waals surface area (Å²) in [6.07, 6.45) is 8.59. The van der Waals surface area contributed by atoms with Gasteiger partial charge in [-0.2, -0.15) is 14.5 Å². The summed E-state index contributed by atoms with van der Waals surface area (Å²) in [6.45, 7) is 2.37. The molecule has 4 heterocycles. The van der Waals surface area contributed by atoms with E-state index in [0.717, 1.165) is 27.9 Å². The van der Waals surface area contributed by atoms with Crippen LogP contribution in [0.5, 0.6) is 0 Å². The molecule has 1 fully saturated rings. The highest BCUT2D eigenvalue weighted by Crippen LogP contribution is 2.36. The number of rotatable bonds is 4. The zero-order valence-corrected chi connectivity index (χ0v) is 16.5. The molecule has 10 heteroatoms. The molecule has 0 unspecified atom stereocenters. The minimum atomic E-state index is -3.12. The molecular formula is C17H20N6O2S2. The van der Waals surface area contributed by atoms with Crippen LogP contribution in [0.25, 0.3) is 4.91 Å². The van der Waals surface area contributed by atoms with Gasteiger partial charge in [0.2, 0.25) is 10.0 Å². The first-order chi connectivity index (χ1) is 13.0. The second-order valence-corrected chi connectivity index (χ2v) is 9.36. The molecular weight excluding hydrogens is 384 g/mol. The Morgan fingerprint density at radius 2 is 1.89 bits per heavy atom. The van der Waals surface area contributed by atoms with Gasteiger partial charge in [0.15, 0.2) is 0 Å². The van der Waals surface area contributed by atoms with Crippen LogP contribution in [0.3, 0.4) is 0 Å². The highest BCUT2D eigenvalue weighted by atomic mass is 32.2. The van der Waals surface area contributed by atoms with Crippen LogP contribution in [0.15, 0.2) is 43.0 Å². The van der Waals surface area contributed by atoms with Crippen LogP contribution in [0, 0.1) is 0 Å². The first-order valence-electron chi connectivity index (χ1n) is 8.55. The molecule has 0 bridgehead atoms. The average Bonchev–Trinajstić information content (AvgIpc) is 3.19. The van der Waals surface area contributed by atoms with E-state index in [9.17, 15) is 8.42 Å². The van der Waals surface area contributed by atoms with Crippen LogP contribution >= 0.6 is 11.8 Å². The molecule has 142 valence electrons. The van der Waals surface area contributed by atoms with Crippen LogP contribution in [0.1, 0.15) is 5.56 Å². The van der Waals surface area contributed by atoms with E-state index >= 15 is 0 Å². The van der Waals surface area contributed by atoms with Crippen molar-refractivity contribution in [2.45, 2.75) is 0 Å². The lowest BCUT2D eigenvalue weighted by molar-refractivity contribution is 0.388. The molecule has 0 atom stereocenters. The van der Waals surface area contributed by atoms with Gasteiger partial charge < -0.3 is 9.80 Å². The standard InChI is InChI=1S/C17H20N6O2S2/c1-27(24,25)23-8-6-21(7-9-23)15-3-4-18-17(10-15)22-12-16(26-13-22)14-2-5-19-20-11-14/h2-5,10-12H,6-9,13H2,1H3. The van der Waals surface area contributed by atoms with E-state index in [0.29, 0.717) is 26.2 Å². The van der Waals surface area contributed by atoms with E-state index in [2.05, 4.69) is 37.2 Å². The van der Waals surface area contributed by atoms with Gasteiger partial charge in [0, 0.05) is 60.8 Å². The molecule has 0 N–H and O–H groups in total. The fraction of sp³-hybridized carbons (Fsp3) is 0.353. The summed E-state index contributed by atoms with van der Waals surface area (Å²) >= 11 is 1.74. The molecule has 2 aliphatic rings. The number of aromatic nitrogens is 3. The maximum atomic E-state index is 11.7. The number of nitrogens with zero attached hydrogens (tertiary/aromatic N) is 6. The number of hydrogen-bond donors (Lipinski definition) is 0. The molecule has 2 aromatic heterocycles. The van der Waals surface area contributed by atoms with Gasteiger partial charge in [-0.05, 0) is 12.1 Å². The monoisotopic (exact) mass is 404 g/mol. The van der Waals surface area contributed by atoms with Crippen molar-refractivity contribution in [1.82, 2.24) is 19.5 Å². The summed E-state index contributed by atoms with van der Waals surface area (Å²) < 4.78 is 24.9. The minimum absolute atomic E-state index is 0.509. The van der Waals surface area contributed by atoms with Crippen LogP contribution in [0.2, 0.25) is 0 Å². The number of thioether (sulfide) groups is 1. The SMILES string of the molecule is CS(=O)(=O)N1CCN(c2ccnc(N3C=C(c4ccnnc4)SC3)c2)CC1. The normalized spacial score (nSPS) is 18.6. The maximum absolute atomic E-state index is 11.7. The molecule has 1 saturated heterocycles. The summed E-state index contributed by atoms with van der Waals surface area (Å²) in [4.78, 5) is 9.95. The minimum Gasteiger partial charge on any atom is -0.369 e. The summed E-state index contributed by atoms with van der Waals surface area (Å²) in [5.74, 6) is 1.67. The van der Waals surface area contributed by atoms with Crippen molar-refractivity contribution in [3.8, 4) is 0 Å². The molecule has 0 radical (unpaired) electrons. The fourth-order valence-electron chi connectivity index (χ4n) is 3.12. The van der Waals surface area contributed by atoms with E-state index in [-0.39, 0.29) is 0 Å². The van der Waals surface area contributed by atoms with Gasteiger partial charge in [-0.15, -0.1) is 11.8 Å². The number of piperazine rings is 1. The predicted octanol–water partition coefficient (Wildman–Crippen LogP) is 1.46. The van der Waals surface area contributed by atoms with Crippen molar-refractivity contribution in [2.24, 2.45) is 0 Å². The molecule has 0 aliphatic carbocycles. The first kappa shape index (κ1) is 18.2. The molecule has 2 aromatic rings. The van der Waals surface area contributed by atoms with Gasteiger partial charge >= 0.3 is 0 Å². The topological polar surface area (TPSA) is 82.5 Å². The van der Waals surface area contributed by atoms with E-state index < -0.39 is 10.0 Å². The van der Waals surface area contributed by atoms with E-state index in [4.69, 9.17) is 0 Å². The largest absolute Gasteiger partial charge is 0.369 e. The van der Waals surface area contributed by atoms with Crippen LogP contribution in [0.4, 0.5) is 11.5 Å². The second-order valence-electron chi connectivity index (χ2n) is 6.39. The molecule has 4 rings (SSSR count). The highest BCUT2D eigenvalue weighted by molar-refractivity contribution is 8.08. The number of hydrogen-bond acceptors (Lipinski definition) is 8. The third-order valence-corrected chi connectivity index (χ3v) is 6.96. The summed E-state index contributed by atoms with van der Waals surface area (Å²) in [7, 11) is -3.12. The number of pyridine rings is 1. The Kier molecular flexibility index (Phi) is 5.02. The molecule has 0 aromatic carbocycles. The quantitative estimate of drug-likeness (QED) is 0.758. The third-order valence-electron chi connectivity index (χ3n) is 4.60. The van der Waals surface area contributed by atoms with Gasteiger partial charge in [0.05, 0.1) is 24.5 Å². The van der Waals surface area contributed by atoms with Crippen molar-refractivity contribution in [3.05, 3.63) is 48.6 Å². The van der Waals surface area contributed by atoms with Crippen molar-refractivity contribution in [1.29, 1.82) is 0 Å². The Labute approximate surface area is 162 Å². The van der Waals surface area contributed by atoms with Gasteiger partial charge in [-0.25, -0.2) is 13.4 Å². The van der Waals surface area contributed by atoms with Gasteiger partial charge in [-0.1, -0.05) is 0 Å². The lowest BCUT2D eigenvalue weighted by Gasteiger charge is -2.35. The van der Waals surface area contributed by atoms with Gasteiger partial charge in [-0.3, -0.25) is 0 Å². The fourth-order valence-corrected chi connectivity index (χ4v) is 4.92. The predicted molar refractivity (Wildman–Crippen MR) is 108 cm³/mol. The molecule has 0 amide bonds. The second kappa shape index (κ2) is 7.45. The lowest BCUT2D eigenvalue weighted by atomic mass is 10.2. The Balaban J connectivity index is 1.48. The number of anilines is 2.